The van der Waals surface area contributed by atoms with Gasteiger partial charge in [0.1, 0.15) is 6.04 Å². The van der Waals surface area contributed by atoms with Gasteiger partial charge in [-0.05, 0) is 12.0 Å². The fourth-order valence-electron chi connectivity index (χ4n) is 2.32. The molecule has 1 saturated heterocycles. The Bertz CT molecular complexity index is 478. The summed E-state index contributed by atoms with van der Waals surface area (Å²) in [5.41, 5.74) is 12.2. The van der Waals surface area contributed by atoms with E-state index < -0.39 is 18.1 Å². The Morgan fingerprint density at radius 1 is 1.35 bits per heavy atom. The van der Waals surface area contributed by atoms with Crippen LogP contribution in [0, 0.1) is 0 Å². The van der Waals surface area contributed by atoms with Crippen LogP contribution in [0.4, 0.5) is 4.79 Å². The number of nitrogens with two attached hydrogens (primary N) is 2. The molecule has 6 nitrogen and oxygen atoms in total. The second kappa shape index (κ2) is 6.49. The number of ketones is 1. The molecule has 1 aliphatic heterocycles. The Kier molecular flexibility index (Phi) is 4.70. The molecule has 0 bridgehead atoms. The van der Waals surface area contributed by atoms with Gasteiger partial charge in [-0.15, -0.1) is 0 Å². The molecule has 2 atom stereocenters. The number of hydrogen-bond acceptors (Lipinski definition) is 4. The minimum atomic E-state index is -0.681. The molecule has 1 aromatic rings. The van der Waals surface area contributed by atoms with Crippen molar-refractivity contribution in [2.45, 2.75) is 18.5 Å². The lowest BCUT2D eigenvalue weighted by atomic mass is 9.98. The third-order valence-electron chi connectivity index (χ3n) is 3.40. The summed E-state index contributed by atoms with van der Waals surface area (Å²) < 4.78 is 5.26. The van der Waals surface area contributed by atoms with Gasteiger partial charge >= 0.3 is 6.03 Å². The van der Waals surface area contributed by atoms with Crippen molar-refractivity contribution in [3.63, 3.8) is 0 Å². The molecular formula is C14H19N3O3. The zero-order chi connectivity index (χ0) is 14.5. The van der Waals surface area contributed by atoms with Crippen LogP contribution in [-0.2, 0) is 16.0 Å². The lowest BCUT2D eigenvalue weighted by Gasteiger charge is -2.34. The Balaban J connectivity index is 2.03. The van der Waals surface area contributed by atoms with Crippen LogP contribution in [0.15, 0.2) is 30.3 Å². The maximum Gasteiger partial charge on any atom is 0.315 e. The van der Waals surface area contributed by atoms with Crippen molar-refractivity contribution in [2.75, 3.05) is 19.8 Å². The van der Waals surface area contributed by atoms with E-state index in [1.54, 1.807) is 0 Å². The molecule has 20 heavy (non-hydrogen) atoms. The fraction of sp³-hybridized carbons (Fsp3) is 0.429. The van der Waals surface area contributed by atoms with Gasteiger partial charge in [-0.1, -0.05) is 30.3 Å². The van der Waals surface area contributed by atoms with E-state index in [0.717, 1.165) is 5.56 Å². The van der Waals surface area contributed by atoms with Crippen LogP contribution >= 0.6 is 0 Å². The SMILES string of the molecule is NC(=O)N1CCOCC1C(=O)[C@@H](N)Cc1ccccc1. The number of benzene rings is 1. The lowest BCUT2D eigenvalue weighted by Crippen LogP contribution is -2.58. The molecule has 4 N–H and O–H groups in total. The molecule has 0 aliphatic carbocycles. The van der Waals surface area contributed by atoms with Gasteiger partial charge in [0.25, 0.3) is 0 Å². The summed E-state index contributed by atoms with van der Waals surface area (Å²) in [6.07, 6.45) is 0.433. The van der Waals surface area contributed by atoms with Gasteiger partial charge in [0.05, 0.1) is 19.3 Å². The van der Waals surface area contributed by atoms with Crippen molar-refractivity contribution >= 4 is 11.8 Å². The molecule has 2 amide bonds. The van der Waals surface area contributed by atoms with Gasteiger partial charge in [-0.3, -0.25) is 4.79 Å². The van der Waals surface area contributed by atoms with Crippen LogP contribution in [-0.4, -0.2) is 48.6 Å². The first-order valence-electron chi connectivity index (χ1n) is 6.56. The number of urea groups is 1. The van der Waals surface area contributed by atoms with Gasteiger partial charge in [0, 0.05) is 6.54 Å². The molecule has 1 aromatic carbocycles. The van der Waals surface area contributed by atoms with Gasteiger partial charge in [0.15, 0.2) is 5.78 Å². The number of Topliss-reactive ketones (excluding diaryl/α,β-unsaturated/α-hetero) is 1. The average molecular weight is 277 g/mol. The van der Waals surface area contributed by atoms with Gasteiger partial charge in [-0.2, -0.15) is 0 Å². The second-order valence-electron chi connectivity index (χ2n) is 4.82. The Hall–Kier alpha value is -1.92. The average Bonchev–Trinajstić information content (AvgIpc) is 2.47. The molecule has 1 unspecified atom stereocenters. The van der Waals surface area contributed by atoms with Gasteiger partial charge in [-0.25, -0.2) is 4.79 Å². The summed E-state index contributed by atoms with van der Waals surface area (Å²) in [5, 5.41) is 0. The lowest BCUT2D eigenvalue weighted by molar-refractivity contribution is -0.129. The maximum absolute atomic E-state index is 12.4. The summed E-state index contributed by atoms with van der Waals surface area (Å²) in [4.78, 5) is 25.0. The normalized spacial score (nSPS) is 20.4. The van der Waals surface area contributed by atoms with Crippen molar-refractivity contribution in [2.24, 2.45) is 11.5 Å². The van der Waals surface area contributed by atoms with E-state index >= 15 is 0 Å². The predicted molar refractivity (Wildman–Crippen MR) is 74.0 cm³/mol. The largest absolute Gasteiger partial charge is 0.377 e. The molecule has 0 aromatic heterocycles. The zero-order valence-electron chi connectivity index (χ0n) is 11.2. The number of rotatable bonds is 4. The van der Waals surface area contributed by atoms with Crippen molar-refractivity contribution < 1.29 is 14.3 Å². The highest BCUT2D eigenvalue weighted by atomic mass is 16.5. The molecular weight excluding hydrogens is 258 g/mol. The first-order chi connectivity index (χ1) is 9.59. The Morgan fingerprint density at radius 2 is 2.05 bits per heavy atom. The minimum absolute atomic E-state index is 0.157. The third-order valence-corrected chi connectivity index (χ3v) is 3.40. The molecule has 0 radical (unpaired) electrons. The smallest absolute Gasteiger partial charge is 0.315 e. The highest BCUT2D eigenvalue weighted by molar-refractivity contribution is 5.92. The van der Waals surface area contributed by atoms with Crippen LogP contribution in [0.3, 0.4) is 0 Å². The minimum Gasteiger partial charge on any atom is -0.377 e. The monoisotopic (exact) mass is 277 g/mol. The topological polar surface area (TPSA) is 98.6 Å². The highest BCUT2D eigenvalue weighted by Gasteiger charge is 2.34. The summed E-state index contributed by atoms with van der Waals surface area (Å²) >= 11 is 0. The molecule has 1 aliphatic rings. The van der Waals surface area contributed by atoms with Gasteiger partial charge in [0.2, 0.25) is 0 Å². The molecule has 0 saturated carbocycles. The maximum atomic E-state index is 12.4. The standard InChI is InChI=1S/C14H19N3O3/c15-11(8-10-4-2-1-3-5-10)13(18)12-9-20-7-6-17(12)14(16)19/h1-5,11-12H,6-9,15H2,(H2,16,19)/t11-,12?/m0/s1. The fourth-order valence-corrected chi connectivity index (χ4v) is 2.32. The van der Waals surface area contributed by atoms with E-state index in [1.165, 1.54) is 4.90 Å². The van der Waals surface area contributed by atoms with Crippen LogP contribution in [0.1, 0.15) is 5.56 Å². The number of amides is 2. The van der Waals surface area contributed by atoms with E-state index in [1.807, 2.05) is 30.3 Å². The summed E-state index contributed by atoms with van der Waals surface area (Å²) in [6, 6.07) is 7.55. The van der Waals surface area contributed by atoms with E-state index in [0.29, 0.717) is 19.6 Å². The van der Waals surface area contributed by atoms with Crippen LogP contribution in [0.2, 0.25) is 0 Å². The number of morpholine rings is 1. The van der Waals surface area contributed by atoms with Crippen molar-refractivity contribution in [3.8, 4) is 0 Å². The molecule has 1 fully saturated rings. The summed E-state index contributed by atoms with van der Waals surface area (Å²) in [7, 11) is 0. The van der Waals surface area contributed by atoms with E-state index in [4.69, 9.17) is 16.2 Å². The number of carbonyl (C=O) groups is 2. The number of nitrogens with zero attached hydrogens (tertiary/aromatic N) is 1. The Labute approximate surface area is 117 Å². The van der Waals surface area contributed by atoms with E-state index in [2.05, 4.69) is 0 Å². The first kappa shape index (κ1) is 14.5. The summed E-state index contributed by atoms with van der Waals surface area (Å²) in [6.45, 7) is 0.870. The van der Waals surface area contributed by atoms with E-state index in [-0.39, 0.29) is 12.4 Å². The number of primary amides is 1. The Morgan fingerprint density at radius 3 is 2.70 bits per heavy atom. The van der Waals surface area contributed by atoms with Crippen LogP contribution in [0.5, 0.6) is 0 Å². The van der Waals surface area contributed by atoms with Crippen LogP contribution in [0.25, 0.3) is 0 Å². The molecule has 2 rings (SSSR count). The van der Waals surface area contributed by atoms with Crippen molar-refractivity contribution in [3.05, 3.63) is 35.9 Å². The molecule has 1 heterocycles. The van der Waals surface area contributed by atoms with Crippen molar-refractivity contribution in [1.82, 2.24) is 4.90 Å². The quantitative estimate of drug-likeness (QED) is 0.803. The van der Waals surface area contributed by atoms with Gasteiger partial charge < -0.3 is 21.1 Å². The van der Waals surface area contributed by atoms with Crippen molar-refractivity contribution in [1.29, 1.82) is 0 Å². The zero-order valence-corrected chi connectivity index (χ0v) is 11.2. The van der Waals surface area contributed by atoms with E-state index in [9.17, 15) is 9.59 Å². The first-order valence-corrected chi connectivity index (χ1v) is 6.56. The predicted octanol–water partition coefficient (Wildman–Crippen LogP) is -0.0950. The third kappa shape index (κ3) is 3.34. The number of ether oxygens (including phenoxy) is 1. The molecule has 108 valence electrons. The number of hydrogen-bond donors (Lipinski definition) is 2. The molecule has 6 heteroatoms. The van der Waals surface area contributed by atoms with Crippen LogP contribution < -0.4 is 11.5 Å². The molecule has 0 spiro atoms. The number of carbonyl (C=O) groups excluding carboxylic acids is 2. The summed E-state index contributed by atoms with van der Waals surface area (Å²) in [5.74, 6) is -0.215. The second-order valence-corrected chi connectivity index (χ2v) is 4.82. The highest BCUT2D eigenvalue weighted by Crippen LogP contribution is 2.11.